The zero-order valence-corrected chi connectivity index (χ0v) is 37.5. The van der Waals surface area contributed by atoms with Gasteiger partial charge in [-0.25, -0.2) is 29.9 Å². The maximum Gasteiger partial charge on any atom is 0.310 e. The largest absolute Gasteiger partial charge is 0.507 e. The molecule has 0 bridgehead atoms. The lowest BCUT2D eigenvalue weighted by atomic mass is 9.80. The second-order valence-corrected chi connectivity index (χ2v) is 16.2. The normalized spacial score (nSPS) is 14.3. The number of aromatic hydroxyl groups is 2. The van der Waals surface area contributed by atoms with E-state index in [1.807, 2.05) is 134 Å². The lowest BCUT2D eigenvalue weighted by Gasteiger charge is -2.27. The van der Waals surface area contributed by atoms with Crippen molar-refractivity contribution in [2.75, 3.05) is 26.4 Å². The molecule has 2 unspecified atom stereocenters. The Labute approximate surface area is 398 Å². The van der Waals surface area contributed by atoms with Crippen molar-refractivity contribution < 1.29 is 38.7 Å². The third kappa shape index (κ3) is 11.1. The first kappa shape index (κ1) is 45.4. The van der Waals surface area contributed by atoms with Crippen molar-refractivity contribution in [1.82, 2.24) is 29.9 Å². The van der Waals surface area contributed by atoms with Gasteiger partial charge in [-0.3, -0.25) is 9.59 Å². The van der Waals surface area contributed by atoms with Gasteiger partial charge in [0, 0.05) is 34.4 Å². The Morgan fingerprint density at radius 3 is 1.17 bits per heavy atom. The second kappa shape index (κ2) is 21.2. The molecule has 14 heteroatoms. The summed E-state index contributed by atoms with van der Waals surface area (Å²) in [6.07, 6.45) is 2.58. The summed E-state index contributed by atoms with van der Waals surface area (Å²) < 4.78 is 22.9. The molecule has 0 spiro atoms. The number of carbonyl (C=O) groups excluding carboxylic acids is 2. The van der Waals surface area contributed by atoms with Crippen molar-refractivity contribution in [3.63, 3.8) is 0 Å². The number of carbonyl (C=O) groups is 2. The molecular formula is C55H46N6O8. The van der Waals surface area contributed by atoms with Gasteiger partial charge in [-0.05, 0) is 44.0 Å². The fourth-order valence-electron chi connectivity index (χ4n) is 7.83. The van der Waals surface area contributed by atoms with E-state index < -0.39 is 23.8 Å². The summed E-state index contributed by atoms with van der Waals surface area (Å²) in [5.41, 5.74) is 4.95. The Morgan fingerprint density at radius 1 is 0.464 bits per heavy atom. The van der Waals surface area contributed by atoms with Crippen LogP contribution in [-0.4, -0.2) is 78.5 Å². The fraction of sp³-hybridized carbons (Fsp3) is 0.164. The first-order valence-corrected chi connectivity index (χ1v) is 22.4. The van der Waals surface area contributed by atoms with E-state index in [1.165, 1.54) is 12.1 Å². The lowest BCUT2D eigenvalue weighted by molar-refractivity contribution is -0.161. The molecule has 0 amide bonds. The summed E-state index contributed by atoms with van der Waals surface area (Å²) >= 11 is 0. The number of hydrogen-bond donors (Lipinski definition) is 2. The van der Waals surface area contributed by atoms with Crippen molar-refractivity contribution in [3.05, 3.63) is 169 Å². The highest BCUT2D eigenvalue weighted by Gasteiger charge is 2.37. The molecule has 0 radical (unpaired) electrons. The minimum Gasteiger partial charge on any atom is -0.507 e. The van der Waals surface area contributed by atoms with Gasteiger partial charge in [0.25, 0.3) is 0 Å². The van der Waals surface area contributed by atoms with Crippen LogP contribution in [0.2, 0.25) is 0 Å². The summed E-state index contributed by atoms with van der Waals surface area (Å²) in [5, 5.41) is 22.2. The van der Waals surface area contributed by atoms with Gasteiger partial charge in [0.2, 0.25) is 0 Å². The van der Waals surface area contributed by atoms with E-state index in [4.69, 9.17) is 28.9 Å². The van der Waals surface area contributed by atoms with E-state index >= 15 is 0 Å². The maximum absolute atomic E-state index is 13.4. The van der Waals surface area contributed by atoms with E-state index in [0.717, 1.165) is 27.8 Å². The average molecular weight is 919 g/mol. The molecule has 2 heterocycles. The molecular weight excluding hydrogens is 873 g/mol. The van der Waals surface area contributed by atoms with Gasteiger partial charge in [-0.15, -0.1) is 0 Å². The standard InChI is InChI=1S/C55H46N6O8/c1-35-22-25-42(54(64)68-30-28-66-40-23-26-43(46(62)33-40)52-58-48(36-14-6-2-7-15-36)56-49(59-52)37-16-8-3-9-17-37)45(32-35)55(65)69-31-29-67-41-24-27-44(47(63)34-41)53-60-50(38-18-10-4-11-19-38)57-51(61-53)39-20-12-5-13-21-39/h2-24,26-27,33-34,42,45,62-63H,25,28-32H2,1H3. The smallest absolute Gasteiger partial charge is 0.310 e. The number of hydrogen-bond acceptors (Lipinski definition) is 14. The minimum atomic E-state index is -0.753. The molecule has 9 rings (SSSR count). The van der Waals surface area contributed by atoms with Crippen LogP contribution in [0.25, 0.3) is 68.3 Å². The Morgan fingerprint density at radius 2 is 0.812 bits per heavy atom. The zero-order chi connectivity index (χ0) is 47.5. The molecule has 6 aromatic carbocycles. The van der Waals surface area contributed by atoms with Crippen LogP contribution in [0.1, 0.15) is 19.8 Å². The molecule has 0 saturated carbocycles. The van der Waals surface area contributed by atoms with Crippen LogP contribution in [0.3, 0.4) is 0 Å². The molecule has 344 valence electrons. The van der Waals surface area contributed by atoms with E-state index in [2.05, 4.69) is 19.9 Å². The van der Waals surface area contributed by atoms with Crippen molar-refractivity contribution in [2.45, 2.75) is 19.8 Å². The van der Waals surface area contributed by atoms with E-state index in [1.54, 1.807) is 24.3 Å². The average Bonchev–Trinajstić information content (AvgIpc) is 3.39. The van der Waals surface area contributed by atoms with Gasteiger partial charge in [0.05, 0.1) is 23.0 Å². The molecule has 1 aliphatic carbocycles. The molecule has 0 saturated heterocycles. The van der Waals surface area contributed by atoms with Crippen molar-refractivity contribution in [3.8, 4) is 91.3 Å². The van der Waals surface area contributed by atoms with Crippen LogP contribution >= 0.6 is 0 Å². The second-order valence-electron chi connectivity index (χ2n) is 16.2. The zero-order valence-electron chi connectivity index (χ0n) is 37.5. The Hall–Kier alpha value is -8.78. The summed E-state index contributed by atoms with van der Waals surface area (Å²) in [6, 6.07) is 47.7. The predicted molar refractivity (Wildman–Crippen MR) is 258 cm³/mol. The van der Waals surface area contributed by atoms with E-state index in [9.17, 15) is 19.8 Å². The van der Waals surface area contributed by atoms with E-state index in [0.29, 0.717) is 58.8 Å². The number of phenols is 2. The third-order valence-electron chi connectivity index (χ3n) is 11.4. The number of ether oxygens (including phenoxy) is 4. The number of rotatable bonds is 16. The quantitative estimate of drug-likeness (QED) is 0.0529. The van der Waals surface area contributed by atoms with Crippen LogP contribution in [0, 0.1) is 11.8 Å². The molecule has 0 fully saturated rings. The Kier molecular flexibility index (Phi) is 14.0. The van der Waals surface area contributed by atoms with Crippen LogP contribution < -0.4 is 9.47 Å². The number of allylic oxidation sites excluding steroid dienone is 2. The number of phenolic OH excluding ortho intramolecular Hbond substituents is 2. The van der Waals surface area contributed by atoms with Crippen molar-refractivity contribution in [2.24, 2.45) is 11.8 Å². The summed E-state index contributed by atoms with van der Waals surface area (Å²) in [7, 11) is 0. The van der Waals surface area contributed by atoms with E-state index in [-0.39, 0.29) is 49.6 Å². The van der Waals surface area contributed by atoms with Crippen molar-refractivity contribution in [1.29, 1.82) is 0 Å². The monoisotopic (exact) mass is 918 g/mol. The molecule has 2 aromatic heterocycles. The first-order chi connectivity index (χ1) is 33.8. The van der Waals surface area contributed by atoms with Crippen LogP contribution in [0.4, 0.5) is 0 Å². The van der Waals surface area contributed by atoms with Gasteiger partial charge in [0.15, 0.2) is 34.9 Å². The minimum absolute atomic E-state index is 0.00377. The number of nitrogens with zero attached hydrogens (tertiary/aromatic N) is 6. The number of esters is 2. The van der Waals surface area contributed by atoms with Crippen LogP contribution in [-0.2, 0) is 19.1 Å². The maximum atomic E-state index is 13.4. The fourth-order valence-corrected chi connectivity index (χ4v) is 7.83. The molecule has 2 atom stereocenters. The van der Waals surface area contributed by atoms with Gasteiger partial charge in [-0.1, -0.05) is 133 Å². The highest BCUT2D eigenvalue weighted by molar-refractivity contribution is 5.83. The number of aromatic nitrogens is 6. The summed E-state index contributed by atoms with van der Waals surface area (Å²) in [4.78, 5) is 54.9. The molecule has 0 aliphatic heterocycles. The lowest BCUT2D eigenvalue weighted by Crippen LogP contribution is -2.35. The SMILES string of the molecule is CC1=CCC(C(=O)OCCOc2ccc(-c3nc(-c4ccccc4)nc(-c4ccccc4)n3)c(O)c2)C(C(=O)OCCOc2ccc(-c3nc(-c4ccccc4)nc(-c4ccccc4)n3)c(O)c2)C1. The van der Waals surface area contributed by atoms with Crippen LogP contribution in [0.5, 0.6) is 23.0 Å². The van der Waals surface area contributed by atoms with Gasteiger partial charge in [0.1, 0.15) is 49.4 Å². The van der Waals surface area contributed by atoms with Crippen LogP contribution in [0.15, 0.2) is 169 Å². The topological polar surface area (TPSA) is 189 Å². The van der Waals surface area contributed by atoms with Crippen molar-refractivity contribution >= 4 is 11.9 Å². The molecule has 69 heavy (non-hydrogen) atoms. The predicted octanol–water partition coefficient (Wildman–Crippen LogP) is 9.99. The van der Waals surface area contributed by atoms with Gasteiger partial charge >= 0.3 is 11.9 Å². The molecule has 2 N–H and O–H groups in total. The van der Waals surface area contributed by atoms with Gasteiger partial charge in [-0.2, -0.15) is 0 Å². The molecule has 14 nitrogen and oxygen atoms in total. The first-order valence-electron chi connectivity index (χ1n) is 22.4. The third-order valence-corrected chi connectivity index (χ3v) is 11.4. The highest BCUT2D eigenvalue weighted by Crippen LogP contribution is 2.36. The Bertz CT molecular complexity index is 2990. The Balaban J connectivity index is 0.777. The molecule has 1 aliphatic rings. The molecule has 8 aromatic rings. The summed E-state index contributed by atoms with van der Waals surface area (Å²) in [5.74, 6) is 0.318. The summed E-state index contributed by atoms with van der Waals surface area (Å²) in [6.45, 7) is 1.72. The van der Waals surface area contributed by atoms with Gasteiger partial charge < -0.3 is 29.2 Å². The highest BCUT2D eigenvalue weighted by atomic mass is 16.6. The number of benzene rings is 6.